The summed E-state index contributed by atoms with van der Waals surface area (Å²) in [5, 5.41) is 2.88. The average Bonchev–Trinajstić information content (AvgIpc) is 2.29. The first kappa shape index (κ1) is 16.8. The molecule has 1 heterocycles. The summed E-state index contributed by atoms with van der Waals surface area (Å²) in [6.07, 6.45) is -0.365. The summed E-state index contributed by atoms with van der Waals surface area (Å²) < 4.78 is 6.27. The van der Waals surface area contributed by atoms with Crippen molar-refractivity contribution in [2.75, 3.05) is 18.4 Å². The molecular weight excluding hydrogens is 348 g/mol. The van der Waals surface area contributed by atoms with Gasteiger partial charge in [-0.1, -0.05) is 15.9 Å². The second-order valence-corrected chi connectivity index (χ2v) is 7.39. The molecule has 0 bridgehead atoms. The van der Waals surface area contributed by atoms with Gasteiger partial charge in [0, 0.05) is 23.2 Å². The molecule has 2 rings (SSSR count). The number of nitrogens with zero attached hydrogens (tertiary/aromatic N) is 1. The lowest BCUT2D eigenvalue weighted by molar-refractivity contribution is -0.124. The molecule has 0 saturated carbocycles. The summed E-state index contributed by atoms with van der Waals surface area (Å²) in [5.74, 6) is -0.252. The predicted octanol–water partition coefficient (Wildman–Crippen LogP) is 3.56. The number of likely N-dealkylation sites (tertiary alicyclic amines) is 1. The van der Waals surface area contributed by atoms with E-state index in [1.807, 2.05) is 45.9 Å². The van der Waals surface area contributed by atoms with Crippen LogP contribution in [0.25, 0.3) is 0 Å². The first-order valence-corrected chi connectivity index (χ1v) is 8.00. The zero-order valence-corrected chi connectivity index (χ0v) is 14.9. The fourth-order valence-corrected chi connectivity index (χ4v) is 2.33. The zero-order valence-electron chi connectivity index (χ0n) is 13.3. The Morgan fingerprint density at radius 3 is 2.50 bits per heavy atom. The number of carbonyl (C=O) groups is 2. The van der Waals surface area contributed by atoms with Crippen molar-refractivity contribution < 1.29 is 14.3 Å². The molecule has 0 atom stereocenters. The minimum Gasteiger partial charge on any atom is -0.444 e. The number of hydrogen-bond acceptors (Lipinski definition) is 3. The van der Waals surface area contributed by atoms with Crippen LogP contribution in [0.15, 0.2) is 22.7 Å². The highest BCUT2D eigenvalue weighted by Crippen LogP contribution is 2.23. The van der Waals surface area contributed by atoms with Crippen molar-refractivity contribution in [2.24, 2.45) is 5.92 Å². The van der Waals surface area contributed by atoms with E-state index in [4.69, 9.17) is 4.74 Å². The van der Waals surface area contributed by atoms with E-state index in [1.165, 1.54) is 0 Å². The number of aryl methyl sites for hydroxylation is 1. The molecule has 0 unspecified atom stereocenters. The quantitative estimate of drug-likeness (QED) is 0.867. The van der Waals surface area contributed by atoms with E-state index in [0.29, 0.717) is 13.1 Å². The topological polar surface area (TPSA) is 58.6 Å². The number of ether oxygens (including phenoxy) is 1. The van der Waals surface area contributed by atoms with Gasteiger partial charge in [0.2, 0.25) is 5.91 Å². The summed E-state index contributed by atoms with van der Waals surface area (Å²) in [7, 11) is 0. The first-order chi connectivity index (χ1) is 10.2. The molecule has 0 aromatic heterocycles. The van der Waals surface area contributed by atoms with Gasteiger partial charge in [-0.3, -0.25) is 4.79 Å². The molecule has 6 heteroatoms. The molecule has 1 saturated heterocycles. The molecule has 0 spiro atoms. The maximum absolute atomic E-state index is 12.1. The summed E-state index contributed by atoms with van der Waals surface area (Å²) in [4.78, 5) is 25.5. The van der Waals surface area contributed by atoms with Crippen LogP contribution in [0.3, 0.4) is 0 Å². The smallest absolute Gasteiger partial charge is 0.410 e. The Kier molecular flexibility index (Phi) is 4.80. The molecular formula is C16H21BrN2O3. The Hall–Kier alpha value is -1.56. The monoisotopic (exact) mass is 368 g/mol. The van der Waals surface area contributed by atoms with Gasteiger partial charge in [-0.25, -0.2) is 4.79 Å². The van der Waals surface area contributed by atoms with Crippen molar-refractivity contribution in [1.29, 1.82) is 0 Å². The molecule has 1 aliphatic rings. The normalized spacial score (nSPS) is 15.2. The van der Waals surface area contributed by atoms with Gasteiger partial charge in [0.25, 0.3) is 0 Å². The Labute approximate surface area is 139 Å². The number of carbonyl (C=O) groups excluding carboxylic acids is 2. The minimum atomic E-state index is -0.515. The largest absolute Gasteiger partial charge is 0.444 e. The highest BCUT2D eigenvalue weighted by atomic mass is 79.9. The van der Waals surface area contributed by atoms with Gasteiger partial charge < -0.3 is 15.0 Å². The molecule has 1 fully saturated rings. The SMILES string of the molecule is Cc1cc(NC(=O)C2CN(C(=O)OC(C)(C)C)C2)ccc1Br. The van der Waals surface area contributed by atoms with Gasteiger partial charge >= 0.3 is 6.09 Å². The lowest BCUT2D eigenvalue weighted by Crippen LogP contribution is -2.55. The third kappa shape index (κ3) is 4.22. The lowest BCUT2D eigenvalue weighted by Gasteiger charge is -2.38. The number of hydrogen-bond donors (Lipinski definition) is 1. The fraction of sp³-hybridized carbons (Fsp3) is 0.500. The highest BCUT2D eigenvalue weighted by Gasteiger charge is 2.37. The van der Waals surface area contributed by atoms with Crippen molar-refractivity contribution in [3.05, 3.63) is 28.2 Å². The van der Waals surface area contributed by atoms with Gasteiger partial charge in [-0.05, 0) is 51.5 Å². The van der Waals surface area contributed by atoms with Crippen molar-refractivity contribution in [2.45, 2.75) is 33.3 Å². The van der Waals surface area contributed by atoms with Crippen molar-refractivity contribution in [3.63, 3.8) is 0 Å². The van der Waals surface area contributed by atoms with Crippen LogP contribution >= 0.6 is 15.9 Å². The predicted molar refractivity (Wildman–Crippen MR) is 88.8 cm³/mol. The molecule has 0 aliphatic carbocycles. The minimum absolute atomic E-state index is 0.0680. The summed E-state index contributed by atoms with van der Waals surface area (Å²) >= 11 is 3.43. The Balaban J connectivity index is 1.84. The van der Waals surface area contributed by atoms with E-state index in [-0.39, 0.29) is 17.9 Å². The van der Waals surface area contributed by atoms with Gasteiger partial charge in [-0.15, -0.1) is 0 Å². The maximum Gasteiger partial charge on any atom is 0.410 e. The molecule has 2 amide bonds. The van der Waals surface area contributed by atoms with Crippen LogP contribution in [-0.4, -0.2) is 35.6 Å². The Bertz CT molecular complexity index is 590. The standard InChI is InChI=1S/C16H21BrN2O3/c1-10-7-12(5-6-13(10)17)18-14(20)11-8-19(9-11)15(21)22-16(2,3)4/h5-7,11H,8-9H2,1-4H3,(H,18,20). The van der Waals surface area contributed by atoms with Crippen LogP contribution in [0, 0.1) is 12.8 Å². The number of anilines is 1. The molecule has 120 valence electrons. The number of rotatable bonds is 2. The Morgan fingerprint density at radius 1 is 1.32 bits per heavy atom. The molecule has 0 radical (unpaired) electrons. The van der Waals surface area contributed by atoms with E-state index in [1.54, 1.807) is 4.90 Å². The van der Waals surface area contributed by atoms with Gasteiger partial charge in [0.05, 0.1) is 5.92 Å². The number of amides is 2. The van der Waals surface area contributed by atoms with E-state index in [9.17, 15) is 9.59 Å². The van der Waals surface area contributed by atoms with Crippen LogP contribution < -0.4 is 5.32 Å². The average molecular weight is 369 g/mol. The van der Waals surface area contributed by atoms with Crippen LogP contribution in [0.1, 0.15) is 26.3 Å². The summed E-state index contributed by atoms with van der Waals surface area (Å²) in [6, 6.07) is 5.66. The van der Waals surface area contributed by atoms with Crippen LogP contribution in [0.4, 0.5) is 10.5 Å². The summed E-state index contributed by atoms with van der Waals surface area (Å²) in [5.41, 5.74) is 1.31. The van der Waals surface area contributed by atoms with E-state index >= 15 is 0 Å². The highest BCUT2D eigenvalue weighted by molar-refractivity contribution is 9.10. The van der Waals surface area contributed by atoms with Crippen LogP contribution in [-0.2, 0) is 9.53 Å². The van der Waals surface area contributed by atoms with Gasteiger partial charge in [-0.2, -0.15) is 0 Å². The number of nitrogens with one attached hydrogen (secondary N) is 1. The van der Waals surface area contributed by atoms with Gasteiger partial charge in [0.15, 0.2) is 0 Å². The second kappa shape index (κ2) is 6.28. The first-order valence-electron chi connectivity index (χ1n) is 7.20. The molecule has 5 nitrogen and oxygen atoms in total. The third-order valence-electron chi connectivity index (χ3n) is 3.33. The van der Waals surface area contributed by atoms with Crippen molar-refractivity contribution >= 4 is 33.6 Å². The zero-order chi connectivity index (χ0) is 16.5. The second-order valence-electron chi connectivity index (χ2n) is 6.54. The number of halogens is 1. The van der Waals surface area contributed by atoms with Crippen LogP contribution in [0.2, 0.25) is 0 Å². The lowest BCUT2D eigenvalue weighted by atomic mass is 9.99. The fourth-order valence-electron chi connectivity index (χ4n) is 2.09. The van der Waals surface area contributed by atoms with E-state index in [2.05, 4.69) is 21.2 Å². The van der Waals surface area contributed by atoms with Crippen molar-refractivity contribution in [1.82, 2.24) is 4.90 Å². The van der Waals surface area contributed by atoms with Crippen molar-refractivity contribution in [3.8, 4) is 0 Å². The molecule has 22 heavy (non-hydrogen) atoms. The van der Waals surface area contributed by atoms with E-state index < -0.39 is 5.60 Å². The number of benzene rings is 1. The summed E-state index contributed by atoms with van der Waals surface area (Å²) in [6.45, 7) is 8.24. The third-order valence-corrected chi connectivity index (χ3v) is 4.22. The van der Waals surface area contributed by atoms with Crippen LogP contribution in [0.5, 0.6) is 0 Å². The maximum atomic E-state index is 12.1. The Morgan fingerprint density at radius 2 is 1.95 bits per heavy atom. The molecule has 1 aliphatic heterocycles. The molecule has 1 aromatic rings. The van der Waals surface area contributed by atoms with E-state index in [0.717, 1.165) is 15.7 Å². The molecule has 1 aromatic carbocycles. The van der Waals surface area contributed by atoms with Gasteiger partial charge in [0.1, 0.15) is 5.60 Å². The molecule has 1 N–H and O–H groups in total.